The van der Waals surface area contributed by atoms with Crippen LogP contribution in [0, 0.1) is 0 Å². The minimum absolute atomic E-state index is 0.185. The van der Waals surface area contributed by atoms with Gasteiger partial charge in [0.2, 0.25) is 0 Å². The molecule has 2 aromatic heterocycles. The van der Waals surface area contributed by atoms with Gasteiger partial charge in [-0.3, -0.25) is 4.79 Å². The van der Waals surface area contributed by atoms with Crippen LogP contribution in [-0.2, 0) is 0 Å². The maximum atomic E-state index is 12.9. The van der Waals surface area contributed by atoms with Crippen LogP contribution in [0.25, 0.3) is 11.2 Å². The number of benzene rings is 1. The number of nitrogens with one attached hydrogen (secondary N) is 1. The SMILES string of the molecule is O=C(c1ccc(OC(F)(F)F)cc1)N1CCC(c2c[nH]c3ncc(C4CCCCC4)nc23)CC1. The van der Waals surface area contributed by atoms with E-state index in [4.69, 9.17) is 4.98 Å². The van der Waals surface area contributed by atoms with E-state index in [2.05, 4.69) is 14.7 Å². The molecule has 34 heavy (non-hydrogen) atoms. The number of piperidine rings is 1. The summed E-state index contributed by atoms with van der Waals surface area (Å²) < 4.78 is 40.9. The van der Waals surface area contributed by atoms with E-state index >= 15 is 0 Å². The minimum Gasteiger partial charge on any atom is -0.406 e. The maximum absolute atomic E-state index is 12.9. The molecule has 3 aromatic rings. The van der Waals surface area contributed by atoms with Gasteiger partial charge in [-0.25, -0.2) is 9.97 Å². The van der Waals surface area contributed by atoms with Crippen molar-refractivity contribution in [2.45, 2.75) is 63.1 Å². The summed E-state index contributed by atoms with van der Waals surface area (Å²) in [5.41, 5.74) is 4.32. The first-order valence-corrected chi connectivity index (χ1v) is 11.9. The number of ether oxygens (including phenoxy) is 1. The molecule has 3 heterocycles. The van der Waals surface area contributed by atoms with E-state index < -0.39 is 6.36 Å². The lowest BCUT2D eigenvalue weighted by Gasteiger charge is -2.32. The molecular formula is C25H27F3N4O2. The van der Waals surface area contributed by atoms with Crippen LogP contribution in [0.5, 0.6) is 5.75 Å². The van der Waals surface area contributed by atoms with E-state index in [9.17, 15) is 18.0 Å². The quantitative estimate of drug-likeness (QED) is 0.511. The Hall–Kier alpha value is -3.10. The Labute approximate surface area is 195 Å². The number of likely N-dealkylation sites (tertiary alicyclic amines) is 1. The summed E-state index contributed by atoms with van der Waals surface area (Å²) in [6, 6.07) is 5.08. The monoisotopic (exact) mass is 472 g/mol. The molecule has 0 atom stereocenters. The molecule has 0 bridgehead atoms. The summed E-state index contributed by atoms with van der Waals surface area (Å²) in [6.07, 6.45) is 6.87. The van der Waals surface area contributed by atoms with Crippen LogP contribution >= 0.6 is 0 Å². The van der Waals surface area contributed by atoms with Gasteiger partial charge in [0.15, 0.2) is 5.65 Å². The Morgan fingerprint density at radius 3 is 2.38 bits per heavy atom. The van der Waals surface area contributed by atoms with Crippen molar-refractivity contribution < 1.29 is 22.7 Å². The Morgan fingerprint density at radius 1 is 1.00 bits per heavy atom. The van der Waals surface area contributed by atoms with Crippen molar-refractivity contribution in [2.75, 3.05) is 13.1 Å². The first-order chi connectivity index (χ1) is 16.4. The van der Waals surface area contributed by atoms with Crippen LogP contribution in [0.4, 0.5) is 13.2 Å². The number of alkyl halides is 3. The normalized spacial score (nSPS) is 18.4. The number of halogens is 3. The number of aromatic amines is 1. The van der Waals surface area contributed by atoms with Gasteiger partial charge in [-0.2, -0.15) is 0 Å². The van der Waals surface area contributed by atoms with Crippen LogP contribution < -0.4 is 4.74 Å². The van der Waals surface area contributed by atoms with Crippen LogP contribution in [0.2, 0.25) is 0 Å². The summed E-state index contributed by atoms with van der Waals surface area (Å²) in [4.78, 5) is 27.5. The van der Waals surface area contributed by atoms with Gasteiger partial charge in [0.05, 0.1) is 11.9 Å². The second-order valence-electron chi connectivity index (χ2n) is 9.21. The Bertz CT molecular complexity index is 1150. The van der Waals surface area contributed by atoms with Gasteiger partial charge in [0.1, 0.15) is 11.3 Å². The summed E-state index contributed by atoms with van der Waals surface area (Å²) in [5.74, 6) is 0.239. The van der Waals surface area contributed by atoms with Crippen LogP contribution in [-0.4, -0.2) is 45.2 Å². The molecule has 180 valence electrons. The van der Waals surface area contributed by atoms with Gasteiger partial charge < -0.3 is 14.6 Å². The molecule has 1 amide bonds. The molecule has 0 spiro atoms. The van der Waals surface area contributed by atoms with E-state index in [1.165, 1.54) is 56.4 Å². The molecule has 0 radical (unpaired) electrons. The van der Waals surface area contributed by atoms with Crippen molar-refractivity contribution in [3.63, 3.8) is 0 Å². The Kier molecular flexibility index (Phi) is 6.18. The highest BCUT2D eigenvalue weighted by atomic mass is 19.4. The molecule has 0 unspecified atom stereocenters. The molecule has 2 fully saturated rings. The van der Waals surface area contributed by atoms with Crippen molar-refractivity contribution in [1.29, 1.82) is 0 Å². The summed E-state index contributed by atoms with van der Waals surface area (Å²) in [6.45, 7) is 1.15. The zero-order valence-corrected chi connectivity index (χ0v) is 18.8. The van der Waals surface area contributed by atoms with Gasteiger partial charge in [0.25, 0.3) is 5.91 Å². The average Bonchev–Trinajstić information content (AvgIpc) is 3.27. The van der Waals surface area contributed by atoms with Crippen LogP contribution in [0.15, 0.2) is 36.7 Å². The number of hydrogen-bond acceptors (Lipinski definition) is 4. The van der Waals surface area contributed by atoms with Crippen molar-refractivity contribution in [1.82, 2.24) is 19.9 Å². The third-order valence-electron chi connectivity index (χ3n) is 7.01. The minimum atomic E-state index is -4.75. The number of nitrogens with zero attached hydrogens (tertiary/aromatic N) is 3. The first-order valence-electron chi connectivity index (χ1n) is 11.9. The van der Waals surface area contributed by atoms with E-state index in [0.29, 0.717) is 24.6 Å². The highest BCUT2D eigenvalue weighted by Crippen LogP contribution is 2.35. The smallest absolute Gasteiger partial charge is 0.406 e. The second kappa shape index (κ2) is 9.27. The molecule has 1 saturated carbocycles. The molecular weight excluding hydrogens is 445 g/mol. The lowest BCUT2D eigenvalue weighted by Crippen LogP contribution is -2.37. The molecule has 2 aliphatic rings. The number of carbonyl (C=O) groups is 1. The number of carbonyl (C=O) groups excluding carboxylic acids is 1. The third-order valence-corrected chi connectivity index (χ3v) is 7.01. The molecule has 1 aromatic carbocycles. The molecule has 9 heteroatoms. The highest BCUT2D eigenvalue weighted by molar-refractivity contribution is 5.94. The van der Waals surface area contributed by atoms with Gasteiger partial charge in [0, 0.05) is 36.3 Å². The number of H-pyrrole nitrogens is 1. The van der Waals surface area contributed by atoms with Gasteiger partial charge in [-0.05, 0) is 55.9 Å². The predicted molar refractivity (Wildman–Crippen MR) is 121 cm³/mol. The first kappa shape index (κ1) is 22.7. The standard InChI is InChI=1S/C25H27F3N4O2/c26-25(27,28)34-19-8-6-18(7-9-19)24(33)32-12-10-16(11-13-32)20-14-29-23-22(20)31-21(15-30-23)17-4-2-1-3-5-17/h6-9,14-17H,1-5,10-13H2,(H,29,30). The number of amides is 1. The lowest BCUT2D eigenvalue weighted by atomic mass is 9.87. The Balaban J connectivity index is 1.24. The van der Waals surface area contributed by atoms with Gasteiger partial charge in [-0.15, -0.1) is 13.2 Å². The zero-order valence-electron chi connectivity index (χ0n) is 18.8. The summed E-state index contributed by atoms with van der Waals surface area (Å²) in [5, 5.41) is 0. The number of hydrogen-bond donors (Lipinski definition) is 1. The maximum Gasteiger partial charge on any atom is 0.573 e. The fraction of sp³-hybridized carbons (Fsp3) is 0.480. The average molecular weight is 473 g/mol. The van der Waals surface area contributed by atoms with E-state index in [0.717, 1.165) is 35.3 Å². The zero-order chi connectivity index (χ0) is 23.7. The van der Waals surface area contributed by atoms with Gasteiger partial charge in [-0.1, -0.05) is 19.3 Å². The fourth-order valence-electron chi connectivity index (χ4n) is 5.21. The number of fused-ring (bicyclic) bond motifs is 1. The molecule has 5 rings (SSSR count). The predicted octanol–water partition coefficient (Wildman–Crippen LogP) is 5.92. The summed E-state index contributed by atoms with van der Waals surface area (Å²) >= 11 is 0. The molecule has 1 N–H and O–H groups in total. The van der Waals surface area contributed by atoms with Crippen LogP contribution in [0.1, 0.15) is 78.4 Å². The number of aromatic nitrogens is 3. The van der Waals surface area contributed by atoms with Gasteiger partial charge >= 0.3 is 6.36 Å². The highest BCUT2D eigenvalue weighted by Gasteiger charge is 2.31. The largest absolute Gasteiger partial charge is 0.573 e. The fourth-order valence-corrected chi connectivity index (χ4v) is 5.21. The second-order valence-corrected chi connectivity index (χ2v) is 9.21. The Morgan fingerprint density at radius 2 is 1.71 bits per heavy atom. The van der Waals surface area contributed by atoms with Crippen molar-refractivity contribution in [3.05, 3.63) is 53.5 Å². The molecule has 6 nitrogen and oxygen atoms in total. The lowest BCUT2D eigenvalue weighted by molar-refractivity contribution is -0.274. The van der Waals surface area contributed by atoms with Crippen molar-refractivity contribution in [3.8, 4) is 5.75 Å². The molecule has 1 saturated heterocycles. The molecule has 1 aliphatic heterocycles. The summed E-state index contributed by atoms with van der Waals surface area (Å²) in [7, 11) is 0. The van der Waals surface area contributed by atoms with Crippen molar-refractivity contribution in [2.24, 2.45) is 0 Å². The van der Waals surface area contributed by atoms with E-state index in [1.807, 2.05) is 12.4 Å². The molecule has 1 aliphatic carbocycles. The van der Waals surface area contributed by atoms with E-state index in [1.54, 1.807) is 4.90 Å². The number of rotatable bonds is 4. The van der Waals surface area contributed by atoms with Crippen molar-refractivity contribution >= 4 is 17.1 Å². The van der Waals surface area contributed by atoms with Crippen LogP contribution in [0.3, 0.4) is 0 Å². The topological polar surface area (TPSA) is 71.1 Å². The van der Waals surface area contributed by atoms with E-state index in [-0.39, 0.29) is 17.6 Å². The third kappa shape index (κ3) is 4.88.